The van der Waals surface area contributed by atoms with Crippen molar-refractivity contribution in [3.05, 3.63) is 36.2 Å². The molecule has 0 spiro atoms. The van der Waals surface area contributed by atoms with Crippen LogP contribution in [0.1, 0.15) is 24.7 Å². The Kier molecular flexibility index (Phi) is 3.36. The molecule has 0 aliphatic carbocycles. The number of rotatable bonds is 5. The fourth-order valence-corrected chi connectivity index (χ4v) is 1.68. The molecule has 16 heavy (non-hydrogen) atoms. The lowest BCUT2D eigenvalue weighted by molar-refractivity contribution is 0.554. The van der Waals surface area contributed by atoms with Crippen LogP contribution in [0.15, 0.2) is 24.8 Å². The minimum atomic E-state index is 0.578. The molecule has 0 atom stereocenters. The summed E-state index contributed by atoms with van der Waals surface area (Å²) in [6.45, 7) is 4.38. The van der Waals surface area contributed by atoms with Crippen molar-refractivity contribution in [3.63, 3.8) is 0 Å². The zero-order valence-electron chi connectivity index (χ0n) is 9.50. The van der Waals surface area contributed by atoms with Gasteiger partial charge in [-0.15, -0.1) is 0 Å². The summed E-state index contributed by atoms with van der Waals surface area (Å²) in [4.78, 5) is 4.26. The highest BCUT2D eigenvalue weighted by atomic mass is 15.3. The molecule has 2 rings (SSSR count). The van der Waals surface area contributed by atoms with Crippen LogP contribution in [0, 0.1) is 0 Å². The third-order valence-electron chi connectivity index (χ3n) is 2.50. The second kappa shape index (κ2) is 4.94. The summed E-state index contributed by atoms with van der Waals surface area (Å²) in [5.74, 6) is 0.987. The average molecular weight is 219 g/mol. The van der Waals surface area contributed by atoms with Gasteiger partial charge < -0.3 is 10.3 Å². The van der Waals surface area contributed by atoms with Crippen molar-refractivity contribution < 1.29 is 0 Å². The van der Waals surface area contributed by atoms with E-state index in [2.05, 4.69) is 21.6 Å². The molecule has 0 saturated carbocycles. The lowest BCUT2D eigenvalue weighted by atomic mass is 10.3. The van der Waals surface area contributed by atoms with Gasteiger partial charge in [-0.2, -0.15) is 5.10 Å². The molecule has 5 nitrogen and oxygen atoms in total. The summed E-state index contributed by atoms with van der Waals surface area (Å²) in [5.41, 5.74) is 6.71. The van der Waals surface area contributed by atoms with Crippen molar-refractivity contribution in [2.24, 2.45) is 5.73 Å². The molecule has 0 unspecified atom stereocenters. The molecular formula is C11H17N5. The Labute approximate surface area is 94.9 Å². The summed E-state index contributed by atoms with van der Waals surface area (Å²) in [6.07, 6.45) is 6.74. The van der Waals surface area contributed by atoms with Crippen LogP contribution < -0.4 is 5.73 Å². The van der Waals surface area contributed by atoms with E-state index in [9.17, 15) is 0 Å². The topological polar surface area (TPSA) is 61.7 Å². The molecule has 0 fully saturated rings. The van der Waals surface area contributed by atoms with E-state index in [0.29, 0.717) is 6.54 Å². The molecule has 0 saturated heterocycles. The Hall–Kier alpha value is -1.62. The van der Waals surface area contributed by atoms with E-state index < -0.39 is 0 Å². The number of nitrogens with two attached hydrogens (primary N) is 1. The van der Waals surface area contributed by atoms with Crippen molar-refractivity contribution in [3.8, 4) is 0 Å². The molecule has 5 heteroatoms. The van der Waals surface area contributed by atoms with Gasteiger partial charge in [0.1, 0.15) is 12.2 Å². The molecule has 86 valence electrons. The Morgan fingerprint density at radius 2 is 2.31 bits per heavy atom. The number of aryl methyl sites for hydroxylation is 1. The third-order valence-corrected chi connectivity index (χ3v) is 2.50. The van der Waals surface area contributed by atoms with E-state index in [1.807, 2.05) is 23.1 Å². The molecular weight excluding hydrogens is 202 g/mol. The quantitative estimate of drug-likeness (QED) is 0.816. The number of nitrogens with zero attached hydrogens (tertiary/aromatic N) is 4. The van der Waals surface area contributed by atoms with E-state index in [1.165, 1.54) is 0 Å². The molecule has 0 aliphatic heterocycles. The monoisotopic (exact) mass is 219 g/mol. The van der Waals surface area contributed by atoms with E-state index >= 15 is 0 Å². The third kappa shape index (κ3) is 2.30. The van der Waals surface area contributed by atoms with Gasteiger partial charge in [0.2, 0.25) is 0 Å². The van der Waals surface area contributed by atoms with Gasteiger partial charge in [-0.05, 0) is 18.1 Å². The summed E-state index contributed by atoms with van der Waals surface area (Å²) >= 11 is 0. The molecule has 0 radical (unpaired) electrons. The largest absolute Gasteiger partial charge is 0.346 e. The standard InChI is InChI=1S/C11H17N5/c1-2-4-16-11(13-9-14-16)8-15-5-3-10(6-12)7-15/h3,5,7,9H,2,4,6,8,12H2,1H3. The van der Waals surface area contributed by atoms with Crippen molar-refractivity contribution in [2.45, 2.75) is 33.0 Å². The fourth-order valence-electron chi connectivity index (χ4n) is 1.68. The molecule has 2 aromatic rings. The Balaban J connectivity index is 2.10. The van der Waals surface area contributed by atoms with Crippen LogP contribution in [0.5, 0.6) is 0 Å². The maximum absolute atomic E-state index is 5.57. The molecule has 2 aromatic heterocycles. The zero-order chi connectivity index (χ0) is 11.4. The first-order valence-electron chi connectivity index (χ1n) is 5.55. The van der Waals surface area contributed by atoms with Gasteiger partial charge in [-0.1, -0.05) is 6.92 Å². The average Bonchev–Trinajstić information content (AvgIpc) is 2.90. The highest BCUT2D eigenvalue weighted by molar-refractivity contribution is 5.10. The maximum Gasteiger partial charge on any atom is 0.146 e. The summed E-state index contributed by atoms with van der Waals surface area (Å²) in [7, 11) is 0. The van der Waals surface area contributed by atoms with Gasteiger partial charge in [-0.25, -0.2) is 9.67 Å². The smallest absolute Gasteiger partial charge is 0.146 e. The Bertz CT molecular complexity index is 443. The number of hydrogen-bond acceptors (Lipinski definition) is 3. The van der Waals surface area contributed by atoms with Gasteiger partial charge >= 0.3 is 0 Å². The second-order valence-corrected chi connectivity index (χ2v) is 3.80. The van der Waals surface area contributed by atoms with Crippen LogP contribution in [0.3, 0.4) is 0 Å². The van der Waals surface area contributed by atoms with Crippen LogP contribution in [0.25, 0.3) is 0 Å². The van der Waals surface area contributed by atoms with Crippen molar-refractivity contribution >= 4 is 0 Å². The van der Waals surface area contributed by atoms with Crippen LogP contribution in [-0.2, 0) is 19.6 Å². The summed E-state index contributed by atoms with van der Waals surface area (Å²) in [6, 6.07) is 2.03. The first kappa shape index (κ1) is 10.9. The van der Waals surface area contributed by atoms with Gasteiger partial charge in [0.15, 0.2) is 0 Å². The maximum atomic E-state index is 5.57. The van der Waals surface area contributed by atoms with Crippen molar-refractivity contribution in [1.82, 2.24) is 19.3 Å². The van der Waals surface area contributed by atoms with Crippen LogP contribution in [0.2, 0.25) is 0 Å². The van der Waals surface area contributed by atoms with E-state index in [1.54, 1.807) is 6.33 Å². The minimum absolute atomic E-state index is 0.578. The Morgan fingerprint density at radius 1 is 1.44 bits per heavy atom. The van der Waals surface area contributed by atoms with E-state index in [-0.39, 0.29) is 0 Å². The highest BCUT2D eigenvalue weighted by Crippen LogP contribution is 2.04. The molecule has 0 bridgehead atoms. The zero-order valence-corrected chi connectivity index (χ0v) is 9.50. The van der Waals surface area contributed by atoms with Crippen LogP contribution >= 0.6 is 0 Å². The summed E-state index contributed by atoms with van der Waals surface area (Å²) < 4.78 is 4.03. The molecule has 0 aromatic carbocycles. The fraction of sp³-hybridized carbons (Fsp3) is 0.455. The lowest BCUT2D eigenvalue weighted by Crippen LogP contribution is -2.09. The van der Waals surface area contributed by atoms with Gasteiger partial charge in [-0.3, -0.25) is 0 Å². The summed E-state index contributed by atoms with van der Waals surface area (Å²) in [5, 5.41) is 4.20. The van der Waals surface area contributed by atoms with Gasteiger partial charge in [0.05, 0.1) is 6.54 Å². The molecule has 2 N–H and O–H groups in total. The van der Waals surface area contributed by atoms with Gasteiger partial charge in [0.25, 0.3) is 0 Å². The molecule has 0 amide bonds. The first-order valence-corrected chi connectivity index (χ1v) is 5.55. The first-order chi connectivity index (χ1) is 7.83. The highest BCUT2D eigenvalue weighted by Gasteiger charge is 2.04. The SMILES string of the molecule is CCCn1ncnc1Cn1ccc(CN)c1. The molecule has 2 heterocycles. The van der Waals surface area contributed by atoms with Crippen molar-refractivity contribution in [1.29, 1.82) is 0 Å². The van der Waals surface area contributed by atoms with E-state index in [4.69, 9.17) is 5.73 Å². The Morgan fingerprint density at radius 3 is 3.00 bits per heavy atom. The van der Waals surface area contributed by atoms with Crippen molar-refractivity contribution in [2.75, 3.05) is 0 Å². The van der Waals surface area contributed by atoms with E-state index in [0.717, 1.165) is 30.9 Å². The van der Waals surface area contributed by atoms with Gasteiger partial charge in [0, 0.05) is 25.5 Å². The van der Waals surface area contributed by atoms with Crippen LogP contribution in [-0.4, -0.2) is 19.3 Å². The predicted octanol–water partition coefficient (Wildman–Crippen LogP) is 0.997. The number of aromatic nitrogens is 4. The van der Waals surface area contributed by atoms with Crippen LogP contribution in [0.4, 0.5) is 0 Å². The number of hydrogen-bond donors (Lipinski definition) is 1. The minimum Gasteiger partial charge on any atom is -0.346 e. The molecule has 0 aliphatic rings. The predicted molar refractivity (Wildman–Crippen MR) is 61.7 cm³/mol. The normalized spacial score (nSPS) is 10.9. The second-order valence-electron chi connectivity index (χ2n) is 3.80. The lowest BCUT2D eigenvalue weighted by Gasteiger charge is -2.05.